The molecule has 0 atom stereocenters. The highest BCUT2D eigenvalue weighted by Crippen LogP contribution is 2.49. The normalized spacial score (nSPS) is 32.4. The molecule has 0 unspecified atom stereocenters. The van der Waals surface area contributed by atoms with Crippen LogP contribution in [0.4, 0.5) is 22.0 Å². The number of rotatable bonds is 8. The van der Waals surface area contributed by atoms with Crippen LogP contribution in [-0.2, 0) is 0 Å². The summed E-state index contributed by atoms with van der Waals surface area (Å²) in [6, 6.07) is 2.65. The van der Waals surface area contributed by atoms with Gasteiger partial charge >= 0.3 is 0 Å². The van der Waals surface area contributed by atoms with Crippen molar-refractivity contribution in [3.8, 4) is 5.75 Å². The Kier molecular flexibility index (Phi) is 9.02. The zero-order valence-electron chi connectivity index (χ0n) is 21.0. The smallest absolute Gasteiger partial charge is 0.251 e. The third-order valence-electron chi connectivity index (χ3n) is 9.55. The Hall–Kier alpha value is -1.33. The topological polar surface area (TPSA) is 9.23 Å². The molecule has 0 radical (unpaired) electrons. The number of halogens is 5. The lowest BCUT2D eigenvalue weighted by atomic mass is 9.67. The van der Waals surface area contributed by atoms with Gasteiger partial charge in [0.2, 0.25) is 0 Å². The van der Waals surface area contributed by atoms with Gasteiger partial charge in [0.05, 0.1) is 13.8 Å². The average molecular weight is 501 g/mol. The van der Waals surface area contributed by atoms with E-state index in [1.54, 1.807) is 0 Å². The summed E-state index contributed by atoms with van der Waals surface area (Å²) in [5.74, 6) is -3.25. The maximum atomic E-state index is 15.3. The fraction of sp³-hybridized carbons (Fsp3) is 0.793. The molecular formula is C29H41F5O. The minimum absolute atomic E-state index is 0.00483. The lowest BCUT2D eigenvalue weighted by molar-refractivity contribution is -0.0979. The highest BCUT2D eigenvalue weighted by atomic mass is 19.3. The van der Waals surface area contributed by atoms with Crippen molar-refractivity contribution >= 4 is 0 Å². The van der Waals surface area contributed by atoms with E-state index in [0.29, 0.717) is 68.3 Å². The number of ether oxygens (including phenoxy) is 1. The van der Waals surface area contributed by atoms with Crippen molar-refractivity contribution in [3.05, 3.63) is 29.3 Å². The minimum Gasteiger partial charge on any atom is -0.491 e. The quantitative estimate of drug-likeness (QED) is 0.323. The van der Waals surface area contributed by atoms with Crippen LogP contribution in [0.25, 0.3) is 0 Å². The first-order valence-corrected chi connectivity index (χ1v) is 13.8. The van der Waals surface area contributed by atoms with Gasteiger partial charge in [-0.15, -0.1) is 0 Å². The summed E-state index contributed by atoms with van der Waals surface area (Å²) in [6.45, 7) is -0.226. The number of hydrogen-bond acceptors (Lipinski definition) is 1. The summed E-state index contributed by atoms with van der Waals surface area (Å²) in [7, 11) is 1.24. The van der Waals surface area contributed by atoms with E-state index in [0.717, 1.165) is 38.5 Å². The molecule has 3 aliphatic carbocycles. The van der Waals surface area contributed by atoms with Gasteiger partial charge in [-0.3, -0.25) is 4.39 Å². The van der Waals surface area contributed by atoms with Crippen molar-refractivity contribution in [3.63, 3.8) is 0 Å². The zero-order chi connectivity index (χ0) is 25.0. The van der Waals surface area contributed by atoms with E-state index in [1.165, 1.54) is 19.2 Å². The average Bonchev–Trinajstić information content (AvgIpc) is 2.85. The molecule has 4 rings (SSSR count). The fourth-order valence-corrected chi connectivity index (χ4v) is 7.38. The number of methoxy groups -OCH3 is 1. The van der Waals surface area contributed by atoms with Gasteiger partial charge < -0.3 is 4.74 Å². The van der Waals surface area contributed by atoms with E-state index in [2.05, 4.69) is 0 Å². The standard InChI is InChI=1S/C29H41F5O/c1-35-28-26(31)16-24(17-27(28)32)23-8-4-20(5-9-23)18-29(33,34)25-12-10-22(11-13-25)21-6-2-19(3-7-21)14-15-30/h16-17,19-23,25H,2-15,18H2,1H3. The van der Waals surface area contributed by atoms with E-state index >= 15 is 8.78 Å². The highest BCUT2D eigenvalue weighted by molar-refractivity contribution is 5.33. The van der Waals surface area contributed by atoms with Gasteiger partial charge in [0.15, 0.2) is 17.4 Å². The van der Waals surface area contributed by atoms with Gasteiger partial charge in [-0.05, 0) is 118 Å². The maximum absolute atomic E-state index is 15.3. The molecular weight excluding hydrogens is 459 g/mol. The summed E-state index contributed by atoms with van der Waals surface area (Å²) in [5.41, 5.74) is 0.600. The molecule has 0 spiro atoms. The largest absolute Gasteiger partial charge is 0.491 e. The first kappa shape index (κ1) is 26.7. The van der Waals surface area contributed by atoms with Crippen LogP contribution >= 0.6 is 0 Å². The Morgan fingerprint density at radius 1 is 0.771 bits per heavy atom. The third-order valence-corrected chi connectivity index (χ3v) is 9.55. The number of benzene rings is 1. The molecule has 1 aromatic carbocycles. The monoisotopic (exact) mass is 500 g/mol. The molecule has 3 aliphatic rings. The zero-order valence-corrected chi connectivity index (χ0v) is 21.0. The van der Waals surface area contributed by atoms with Crippen LogP contribution in [-0.4, -0.2) is 19.7 Å². The maximum Gasteiger partial charge on any atom is 0.251 e. The predicted molar refractivity (Wildman–Crippen MR) is 129 cm³/mol. The first-order valence-electron chi connectivity index (χ1n) is 13.8. The fourth-order valence-electron chi connectivity index (χ4n) is 7.38. The molecule has 0 aromatic heterocycles. The van der Waals surface area contributed by atoms with Gasteiger partial charge in [0, 0.05) is 12.3 Å². The van der Waals surface area contributed by atoms with Crippen LogP contribution in [0.2, 0.25) is 0 Å². The Morgan fingerprint density at radius 2 is 1.29 bits per heavy atom. The van der Waals surface area contributed by atoms with E-state index in [4.69, 9.17) is 4.74 Å². The molecule has 0 aliphatic heterocycles. The molecule has 1 nitrogen and oxygen atoms in total. The summed E-state index contributed by atoms with van der Waals surface area (Å²) >= 11 is 0. The van der Waals surface area contributed by atoms with Crippen LogP contribution < -0.4 is 4.74 Å². The van der Waals surface area contributed by atoms with Crippen molar-refractivity contribution < 1.29 is 26.7 Å². The van der Waals surface area contributed by atoms with Crippen molar-refractivity contribution in [1.29, 1.82) is 0 Å². The summed E-state index contributed by atoms with van der Waals surface area (Å²) < 4.78 is 76.1. The molecule has 0 heterocycles. The molecule has 0 bridgehead atoms. The summed E-state index contributed by atoms with van der Waals surface area (Å²) in [5, 5.41) is 0. The second kappa shape index (κ2) is 11.8. The van der Waals surface area contributed by atoms with Crippen molar-refractivity contribution in [1.82, 2.24) is 0 Å². The van der Waals surface area contributed by atoms with E-state index in [9.17, 15) is 13.2 Å². The lowest BCUT2D eigenvalue weighted by Crippen LogP contribution is -2.36. The molecule has 0 N–H and O–H groups in total. The summed E-state index contributed by atoms with van der Waals surface area (Å²) in [6.07, 6.45) is 10.9. The van der Waals surface area contributed by atoms with Crippen molar-refractivity contribution in [2.75, 3.05) is 13.8 Å². The second-order valence-electron chi connectivity index (χ2n) is 11.6. The van der Waals surface area contributed by atoms with Crippen LogP contribution in [0.1, 0.15) is 101 Å². The molecule has 0 amide bonds. The Morgan fingerprint density at radius 3 is 1.80 bits per heavy atom. The SMILES string of the molecule is COc1c(F)cc(C2CCC(CC(F)(F)C3CCC(C4CCC(CCF)CC4)CC3)CC2)cc1F. The predicted octanol–water partition coefficient (Wildman–Crippen LogP) is 9.24. The van der Waals surface area contributed by atoms with Crippen LogP contribution in [0, 0.1) is 41.2 Å². The molecule has 1 aromatic rings. The van der Waals surface area contributed by atoms with Crippen LogP contribution in [0.15, 0.2) is 12.1 Å². The highest BCUT2D eigenvalue weighted by Gasteiger charge is 2.44. The van der Waals surface area contributed by atoms with Crippen LogP contribution in [0.5, 0.6) is 5.75 Å². The first-order chi connectivity index (χ1) is 16.8. The molecule has 3 saturated carbocycles. The molecule has 3 fully saturated rings. The molecule has 198 valence electrons. The van der Waals surface area contributed by atoms with E-state index in [-0.39, 0.29) is 30.7 Å². The summed E-state index contributed by atoms with van der Waals surface area (Å²) in [4.78, 5) is 0. The minimum atomic E-state index is -2.64. The Labute approximate surface area is 207 Å². The Balaban J connectivity index is 1.22. The van der Waals surface area contributed by atoms with Gasteiger partial charge in [0.25, 0.3) is 5.92 Å². The van der Waals surface area contributed by atoms with Crippen LogP contribution in [0.3, 0.4) is 0 Å². The van der Waals surface area contributed by atoms with Gasteiger partial charge in [0.1, 0.15) is 0 Å². The number of alkyl halides is 3. The lowest BCUT2D eigenvalue weighted by Gasteiger charge is -2.40. The van der Waals surface area contributed by atoms with Gasteiger partial charge in [-0.2, -0.15) is 0 Å². The Bertz CT molecular complexity index is 780. The van der Waals surface area contributed by atoms with Gasteiger partial charge in [-0.1, -0.05) is 12.8 Å². The van der Waals surface area contributed by atoms with Crippen molar-refractivity contribution in [2.45, 2.75) is 102 Å². The van der Waals surface area contributed by atoms with Gasteiger partial charge in [-0.25, -0.2) is 17.6 Å². The van der Waals surface area contributed by atoms with E-state index in [1.807, 2.05) is 0 Å². The second-order valence-corrected chi connectivity index (χ2v) is 11.6. The van der Waals surface area contributed by atoms with E-state index < -0.39 is 23.5 Å². The number of hydrogen-bond donors (Lipinski definition) is 0. The third kappa shape index (κ3) is 6.52. The molecule has 0 saturated heterocycles. The van der Waals surface area contributed by atoms with Crippen molar-refractivity contribution in [2.24, 2.45) is 29.6 Å². The molecule has 6 heteroatoms. The molecule has 35 heavy (non-hydrogen) atoms.